The van der Waals surface area contributed by atoms with Crippen molar-refractivity contribution in [2.75, 3.05) is 0 Å². The minimum atomic E-state index is -1.47. The quantitative estimate of drug-likeness (QED) is 0.355. The lowest BCUT2D eigenvalue weighted by Crippen LogP contribution is -2.36. The van der Waals surface area contributed by atoms with Crippen molar-refractivity contribution >= 4 is 11.9 Å². The van der Waals surface area contributed by atoms with E-state index in [-0.39, 0.29) is 6.10 Å². The van der Waals surface area contributed by atoms with Gasteiger partial charge in [-0.1, -0.05) is 0 Å². The highest BCUT2D eigenvalue weighted by molar-refractivity contribution is 6.29. The number of esters is 1. The van der Waals surface area contributed by atoms with Gasteiger partial charge >= 0.3 is 11.9 Å². The summed E-state index contributed by atoms with van der Waals surface area (Å²) < 4.78 is 4.88. The van der Waals surface area contributed by atoms with Crippen molar-refractivity contribution in [3.05, 3.63) is 0 Å². The molecule has 0 aliphatic carbocycles. The molecule has 1 N–H and O–H groups in total. The topological polar surface area (TPSA) is 91.3 Å². The molecule has 1 atom stereocenters. The van der Waals surface area contributed by atoms with Crippen molar-refractivity contribution in [2.24, 2.45) is 0 Å². The van der Waals surface area contributed by atoms with E-state index in [0.717, 1.165) is 0 Å². The average molecular weight is 278 g/mol. The Hall–Kier alpha value is -1.18. The largest absolute Gasteiger partial charge is 0.451 e. The van der Waals surface area contributed by atoms with Crippen molar-refractivity contribution in [2.45, 2.75) is 65.3 Å². The average Bonchev–Trinajstić information content (AvgIpc) is 2.22. The van der Waals surface area contributed by atoms with Gasteiger partial charge in [0.25, 0.3) is 0 Å². The van der Waals surface area contributed by atoms with Gasteiger partial charge in [0, 0.05) is 6.42 Å². The molecule has 19 heavy (non-hydrogen) atoms. The molecule has 7 nitrogen and oxygen atoms in total. The van der Waals surface area contributed by atoms with Crippen LogP contribution in [0.1, 0.15) is 48.0 Å². The fraction of sp³-hybridized carbons (Fsp3) is 0.833. The Morgan fingerprint density at radius 3 is 2.05 bits per heavy atom. The van der Waals surface area contributed by atoms with Crippen LogP contribution in [0.3, 0.4) is 0 Å². The molecule has 0 aromatic heterocycles. The minimum Gasteiger partial charge on any atom is -0.451 e. The first-order valence-corrected chi connectivity index (χ1v) is 5.90. The Balaban J connectivity index is 4.28. The maximum atomic E-state index is 11.2. The molecule has 0 radical (unpaired) electrons. The molecular formula is C12H22O7. The Bertz CT molecular complexity index is 317. The second-order valence-electron chi connectivity index (χ2n) is 5.83. The van der Waals surface area contributed by atoms with E-state index >= 15 is 0 Å². The lowest BCUT2D eigenvalue weighted by atomic mass is 10.0. The summed E-state index contributed by atoms with van der Waals surface area (Å²) >= 11 is 0. The van der Waals surface area contributed by atoms with Crippen molar-refractivity contribution in [1.29, 1.82) is 0 Å². The van der Waals surface area contributed by atoms with E-state index in [9.17, 15) is 9.59 Å². The first-order valence-electron chi connectivity index (χ1n) is 5.90. The molecule has 7 heteroatoms. The zero-order valence-electron chi connectivity index (χ0n) is 12.2. The molecule has 0 heterocycles. The number of hydrogen-bond donors (Lipinski definition) is 1. The molecule has 112 valence electrons. The molecule has 0 aromatic rings. The minimum absolute atomic E-state index is 0.299. The van der Waals surface area contributed by atoms with Gasteiger partial charge in [0.05, 0.1) is 11.7 Å². The number of hydrogen-bond acceptors (Lipinski definition) is 7. The van der Waals surface area contributed by atoms with Crippen molar-refractivity contribution in [1.82, 2.24) is 0 Å². The van der Waals surface area contributed by atoms with Gasteiger partial charge in [-0.15, -0.1) is 0 Å². The van der Waals surface area contributed by atoms with Crippen LogP contribution in [-0.4, -0.2) is 34.5 Å². The van der Waals surface area contributed by atoms with Crippen molar-refractivity contribution < 1.29 is 34.2 Å². The standard InChI is InChI=1S/C12H22O7/c1-8(18-19-11(2,3)4)7-12(5,6)16-9(13)10(14)17-15/h8,15H,7H2,1-6H3. The third-order valence-electron chi connectivity index (χ3n) is 1.86. The summed E-state index contributed by atoms with van der Waals surface area (Å²) in [7, 11) is 0. The van der Waals surface area contributed by atoms with E-state index in [1.165, 1.54) is 0 Å². The fourth-order valence-electron chi connectivity index (χ4n) is 1.32. The van der Waals surface area contributed by atoms with Gasteiger partial charge in [0.1, 0.15) is 5.60 Å². The molecule has 0 amide bonds. The van der Waals surface area contributed by atoms with Crippen LogP contribution in [0.15, 0.2) is 0 Å². The number of ether oxygens (including phenoxy) is 1. The first kappa shape index (κ1) is 17.8. The van der Waals surface area contributed by atoms with Crippen molar-refractivity contribution in [3.8, 4) is 0 Å². The van der Waals surface area contributed by atoms with Gasteiger partial charge in [-0.05, 0) is 41.5 Å². The van der Waals surface area contributed by atoms with Gasteiger partial charge in [-0.2, -0.15) is 5.26 Å². The zero-order chi connectivity index (χ0) is 15.3. The normalized spacial score (nSPS) is 13.8. The Morgan fingerprint density at radius 2 is 1.63 bits per heavy atom. The van der Waals surface area contributed by atoms with Gasteiger partial charge < -0.3 is 4.74 Å². The predicted molar refractivity (Wildman–Crippen MR) is 64.9 cm³/mol. The van der Waals surface area contributed by atoms with E-state index in [1.54, 1.807) is 20.8 Å². The maximum absolute atomic E-state index is 11.2. The molecular weight excluding hydrogens is 256 g/mol. The summed E-state index contributed by atoms with van der Waals surface area (Å²) in [5.41, 5.74) is -1.41. The molecule has 0 saturated carbocycles. The SMILES string of the molecule is CC(CC(C)(C)OC(=O)C(=O)OO)OOC(C)(C)C. The molecule has 0 aliphatic rings. The first-order chi connectivity index (χ1) is 8.47. The zero-order valence-corrected chi connectivity index (χ0v) is 12.2. The monoisotopic (exact) mass is 278 g/mol. The smallest absolute Gasteiger partial charge is 0.449 e. The van der Waals surface area contributed by atoms with Crippen LogP contribution in [0, 0.1) is 0 Å². The Kier molecular flexibility index (Phi) is 6.41. The summed E-state index contributed by atoms with van der Waals surface area (Å²) in [5.74, 6) is -2.73. The number of carbonyl (C=O) groups is 2. The van der Waals surface area contributed by atoms with Gasteiger partial charge in [0.15, 0.2) is 0 Å². The number of rotatable bonds is 5. The van der Waals surface area contributed by atoms with Crippen molar-refractivity contribution in [3.63, 3.8) is 0 Å². The van der Waals surface area contributed by atoms with E-state index in [4.69, 9.17) is 19.8 Å². The highest BCUT2D eigenvalue weighted by atomic mass is 17.2. The molecule has 1 unspecified atom stereocenters. The summed E-state index contributed by atoms with van der Waals surface area (Å²) in [6.07, 6.45) is -0.0553. The summed E-state index contributed by atoms with van der Waals surface area (Å²) in [4.78, 5) is 35.5. The highest BCUT2D eigenvalue weighted by Gasteiger charge is 2.31. The Labute approximate surface area is 112 Å². The van der Waals surface area contributed by atoms with Crippen LogP contribution in [0.25, 0.3) is 0 Å². The van der Waals surface area contributed by atoms with Gasteiger partial charge in [-0.3, -0.25) is 4.89 Å². The molecule has 0 spiro atoms. The second-order valence-corrected chi connectivity index (χ2v) is 5.83. The van der Waals surface area contributed by atoms with Crippen LogP contribution in [0.4, 0.5) is 0 Å². The summed E-state index contributed by atoms with van der Waals surface area (Å²) in [6.45, 7) is 10.5. The third kappa shape index (κ3) is 8.52. The molecule has 0 saturated heterocycles. The molecule has 0 aliphatic heterocycles. The van der Waals surface area contributed by atoms with Gasteiger partial charge in [-0.25, -0.2) is 19.4 Å². The highest BCUT2D eigenvalue weighted by Crippen LogP contribution is 2.20. The van der Waals surface area contributed by atoms with Crippen LogP contribution in [-0.2, 0) is 29.0 Å². The van der Waals surface area contributed by atoms with E-state index < -0.39 is 23.1 Å². The number of carbonyl (C=O) groups excluding carboxylic acids is 2. The molecule has 0 rings (SSSR count). The molecule has 0 fully saturated rings. The summed E-state index contributed by atoms with van der Waals surface area (Å²) in [6, 6.07) is 0. The lowest BCUT2D eigenvalue weighted by molar-refractivity contribution is -0.373. The maximum Gasteiger partial charge on any atom is 0.449 e. The van der Waals surface area contributed by atoms with Crippen LogP contribution in [0.2, 0.25) is 0 Å². The molecule has 0 aromatic carbocycles. The van der Waals surface area contributed by atoms with E-state index in [2.05, 4.69) is 4.89 Å². The van der Waals surface area contributed by atoms with Crippen LogP contribution >= 0.6 is 0 Å². The lowest BCUT2D eigenvalue weighted by Gasteiger charge is -2.28. The van der Waals surface area contributed by atoms with E-state index in [1.807, 2.05) is 20.8 Å². The van der Waals surface area contributed by atoms with Crippen LogP contribution in [0.5, 0.6) is 0 Å². The van der Waals surface area contributed by atoms with Gasteiger partial charge in [0.2, 0.25) is 0 Å². The fourth-order valence-corrected chi connectivity index (χ4v) is 1.32. The predicted octanol–water partition coefficient (Wildman–Crippen LogP) is 1.85. The third-order valence-corrected chi connectivity index (χ3v) is 1.86. The second kappa shape index (κ2) is 6.83. The van der Waals surface area contributed by atoms with E-state index in [0.29, 0.717) is 6.42 Å². The Morgan fingerprint density at radius 1 is 1.11 bits per heavy atom. The van der Waals surface area contributed by atoms with Crippen LogP contribution < -0.4 is 0 Å². The molecule has 0 bridgehead atoms. The summed E-state index contributed by atoms with van der Waals surface area (Å²) in [5, 5.41) is 8.06.